The van der Waals surface area contributed by atoms with Crippen molar-refractivity contribution in [2.75, 3.05) is 13.2 Å². The fraction of sp³-hybridized carbons (Fsp3) is 0.900. The molecule has 1 amide bonds. The van der Waals surface area contributed by atoms with Crippen molar-refractivity contribution in [3.63, 3.8) is 0 Å². The Bertz CT molecular complexity index is 261. The molecule has 1 rings (SSSR count). The third-order valence-electron chi connectivity index (χ3n) is 2.81. The van der Waals surface area contributed by atoms with Gasteiger partial charge in [0.2, 0.25) is 5.91 Å². The first-order valence-electron chi connectivity index (χ1n) is 5.51. The molecule has 0 aromatic rings. The van der Waals surface area contributed by atoms with Gasteiger partial charge in [-0.3, -0.25) is 4.79 Å². The lowest BCUT2D eigenvalue weighted by atomic mass is 9.91. The quantitative estimate of drug-likeness (QED) is 0.371. The molecule has 7 heteroatoms. The Hall–Kier alpha value is -0.730. The monoisotopic (exact) mass is 249 g/mol. The van der Waals surface area contributed by atoms with Crippen molar-refractivity contribution >= 4 is 5.91 Å². The van der Waals surface area contributed by atoms with Gasteiger partial charge in [0.05, 0.1) is 18.8 Å². The Labute approximate surface area is 99.0 Å². The van der Waals surface area contributed by atoms with Crippen molar-refractivity contribution in [2.24, 2.45) is 0 Å². The number of hydrogen-bond donors (Lipinski definition) is 5. The Morgan fingerprint density at radius 2 is 1.88 bits per heavy atom. The maximum absolute atomic E-state index is 11.0. The van der Waals surface area contributed by atoms with E-state index in [1.807, 2.05) is 0 Å². The highest BCUT2D eigenvalue weighted by Gasteiger charge is 2.44. The molecular weight excluding hydrogens is 230 g/mol. The lowest BCUT2D eigenvalue weighted by Crippen LogP contribution is -2.64. The number of hydrogen-bond acceptors (Lipinski definition) is 6. The molecule has 17 heavy (non-hydrogen) atoms. The number of carbonyl (C=O) groups excluding carboxylic acids is 1. The van der Waals surface area contributed by atoms with E-state index < -0.39 is 37.1 Å². The van der Waals surface area contributed by atoms with Crippen LogP contribution in [0.15, 0.2) is 0 Å². The largest absolute Gasteiger partial charge is 0.396 e. The Morgan fingerprint density at radius 1 is 1.24 bits per heavy atom. The van der Waals surface area contributed by atoms with Crippen LogP contribution in [0.25, 0.3) is 0 Å². The second-order valence-corrected chi connectivity index (χ2v) is 4.12. The van der Waals surface area contributed by atoms with Gasteiger partial charge in [-0.1, -0.05) is 0 Å². The van der Waals surface area contributed by atoms with E-state index in [0.29, 0.717) is 0 Å². The van der Waals surface area contributed by atoms with Crippen LogP contribution in [0.2, 0.25) is 0 Å². The van der Waals surface area contributed by atoms with Crippen LogP contribution in [-0.4, -0.2) is 70.0 Å². The van der Waals surface area contributed by atoms with Crippen LogP contribution in [0.4, 0.5) is 0 Å². The maximum Gasteiger partial charge on any atom is 0.217 e. The molecule has 5 N–H and O–H groups in total. The summed E-state index contributed by atoms with van der Waals surface area (Å²) in [5, 5.41) is 39.8. The van der Waals surface area contributed by atoms with Crippen molar-refractivity contribution in [1.82, 2.24) is 5.32 Å². The van der Waals surface area contributed by atoms with Crippen LogP contribution in [0.5, 0.6) is 0 Å². The number of aliphatic hydroxyl groups excluding tert-OH is 4. The minimum absolute atomic E-state index is 0.179. The SMILES string of the molecule is CC(=O)NC1C(CCO)OC(CO)[C@H](O)C1O. The van der Waals surface area contributed by atoms with Crippen molar-refractivity contribution in [3.05, 3.63) is 0 Å². The molecular formula is C10H19NO6. The van der Waals surface area contributed by atoms with Gasteiger partial charge < -0.3 is 30.5 Å². The molecule has 0 radical (unpaired) electrons. The standard InChI is InChI=1S/C10H19NO6/c1-5(14)11-8-6(2-3-12)17-7(4-13)9(15)10(8)16/h6-10,12-13,15-16H,2-4H2,1H3,(H,11,14)/t6?,7?,8?,9-,10?/m0/s1. The fourth-order valence-corrected chi connectivity index (χ4v) is 1.98. The number of amides is 1. The van der Waals surface area contributed by atoms with Crippen molar-refractivity contribution in [3.8, 4) is 0 Å². The molecule has 0 bridgehead atoms. The van der Waals surface area contributed by atoms with Gasteiger partial charge in [-0.05, 0) is 6.42 Å². The van der Waals surface area contributed by atoms with Crippen molar-refractivity contribution in [1.29, 1.82) is 0 Å². The predicted octanol–water partition coefficient (Wildman–Crippen LogP) is -2.64. The van der Waals surface area contributed by atoms with E-state index in [1.54, 1.807) is 0 Å². The highest BCUT2D eigenvalue weighted by atomic mass is 16.5. The summed E-state index contributed by atoms with van der Waals surface area (Å²) < 4.78 is 5.34. The molecule has 0 saturated carbocycles. The van der Waals surface area contributed by atoms with E-state index >= 15 is 0 Å². The molecule has 100 valence electrons. The molecule has 1 aliphatic rings. The number of carbonyl (C=O) groups is 1. The number of aliphatic hydroxyl groups is 4. The molecule has 1 saturated heterocycles. The van der Waals surface area contributed by atoms with Gasteiger partial charge in [0.25, 0.3) is 0 Å². The highest BCUT2D eigenvalue weighted by molar-refractivity contribution is 5.73. The molecule has 1 heterocycles. The first kappa shape index (κ1) is 14.3. The molecule has 0 spiro atoms. The Kier molecular flexibility index (Phi) is 5.29. The van der Waals surface area contributed by atoms with Crippen molar-refractivity contribution in [2.45, 2.75) is 43.8 Å². The predicted molar refractivity (Wildman–Crippen MR) is 57.1 cm³/mol. The molecule has 7 nitrogen and oxygen atoms in total. The van der Waals surface area contributed by atoms with Gasteiger partial charge >= 0.3 is 0 Å². The third kappa shape index (κ3) is 3.36. The van der Waals surface area contributed by atoms with E-state index in [4.69, 9.17) is 14.9 Å². The summed E-state index contributed by atoms with van der Waals surface area (Å²) in [4.78, 5) is 11.0. The lowest BCUT2D eigenvalue weighted by Gasteiger charge is -2.42. The molecule has 0 aromatic heterocycles. The minimum Gasteiger partial charge on any atom is -0.396 e. The van der Waals surface area contributed by atoms with E-state index in [1.165, 1.54) is 6.92 Å². The summed E-state index contributed by atoms with van der Waals surface area (Å²) in [6, 6.07) is -0.794. The normalized spacial score (nSPS) is 37.8. The van der Waals surface area contributed by atoms with Gasteiger partial charge in [0.1, 0.15) is 18.3 Å². The zero-order valence-electron chi connectivity index (χ0n) is 9.61. The first-order valence-corrected chi connectivity index (χ1v) is 5.51. The van der Waals surface area contributed by atoms with Gasteiger partial charge in [-0.15, -0.1) is 0 Å². The van der Waals surface area contributed by atoms with Crippen LogP contribution >= 0.6 is 0 Å². The van der Waals surface area contributed by atoms with E-state index in [0.717, 1.165) is 0 Å². The average molecular weight is 249 g/mol. The highest BCUT2D eigenvalue weighted by Crippen LogP contribution is 2.23. The second-order valence-electron chi connectivity index (χ2n) is 4.12. The Balaban J connectivity index is 2.78. The number of ether oxygens (including phenoxy) is 1. The second kappa shape index (κ2) is 6.27. The van der Waals surface area contributed by atoms with Crippen LogP contribution in [0.3, 0.4) is 0 Å². The van der Waals surface area contributed by atoms with E-state index in [9.17, 15) is 15.0 Å². The maximum atomic E-state index is 11.0. The van der Waals surface area contributed by atoms with E-state index in [-0.39, 0.29) is 18.9 Å². The molecule has 4 unspecified atom stereocenters. The van der Waals surface area contributed by atoms with Crippen LogP contribution in [-0.2, 0) is 9.53 Å². The summed E-state index contributed by atoms with van der Waals surface area (Å²) in [5.74, 6) is -0.366. The average Bonchev–Trinajstić information content (AvgIpc) is 2.28. The third-order valence-corrected chi connectivity index (χ3v) is 2.81. The van der Waals surface area contributed by atoms with Gasteiger partial charge in [0.15, 0.2) is 0 Å². The zero-order chi connectivity index (χ0) is 13.0. The first-order chi connectivity index (χ1) is 8.01. The van der Waals surface area contributed by atoms with Gasteiger partial charge in [0, 0.05) is 13.5 Å². The topological polar surface area (TPSA) is 119 Å². The molecule has 1 fully saturated rings. The molecule has 0 aliphatic carbocycles. The molecule has 0 aromatic carbocycles. The number of nitrogens with one attached hydrogen (secondary N) is 1. The summed E-state index contributed by atoms with van der Waals surface area (Å²) in [6.45, 7) is 0.669. The summed E-state index contributed by atoms with van der Waals surface area (Å²) in [6.07, 6.45) is -3.86. The fourth-order valence-electron chi connectivity index (χ4n) is 1.98. The van der Waals surface area contributed by atoms with E-state index in [2.05, 4.69) is 5.32 Å². The van der Waals surface area contributed by atoms with Gasteiger partial charge in [-0.2, -0.15) is 0 Å². The number of rotatable bonds is 4. The minimum atomic E-state index is -1.27. The molecule has 1 aliphatic heterocycles. The smallest absolute Gasteiger partial charge is 0.217 e. The Morgan fingerprint density at radius 3 is 2.35 bits per heavy atom. The van der Waals surface area contributed by atoms with Crippen molar-refractivity contribution < 1.29 is 30.0 Å². The zero-order valence-corrected chi connectivity index (χ0v) is 9.61. The summed E-state index contributed by atoms with van der Waals surface area (Å²) >= 11 is 0. The lowest BCUT2D eigenvalue weighted by molar-refractivity contribution is -0.197. The summed E-state index contributed by atoms with van der Waals surface area (Å²) in [7, 11) is 0. The van der Waals surface area contributed by atoms with Crippen LogP contribution in [0, 0.1) is 0 Å². The van der Waals surface area contributed by atoms with Crippen LogP contribution < -0.4 is 5.32 Å². The van der Waals surface area contributed by atoms with Gasteiger partial charge in [-0.25, -0.2) is 0 Å². The summed E-state index contributed by atoms with van der Waals surface area (Å²) in [5.41, 5.74) is 0. The molecule has 5 atom stereocenters. The van der Waals surface area contributed by atoms with Crippen LogP contribution in [0.1, 0.15) is 13.3 Å².